The molecule has 1 saturated heterocycles. The predicted octanol–water partition coefficient (Wildman–Crippen LogP) is 4.38. The number of hydrogen-bond donors (Lipinski definition) is 3. The fourth-order valence-electron chi connectivity index (χ4n) is 4.42. The number of amides is 6. The van der Waals surface area contributed by atoms with E-state index in [4.69, 9.17) is 0 Å². The van der Waals surface area contributed by atoms with Gasteiger partial charge in [-0.1, -0.05) is 44.2 Å². The van der Waals surface area contributed by atoms with E-state index in [2.05, 4.69) is 16.0 Å². The summed E-state index contributed by atoms with van der Waals surface area (Å²) in [6.07, 6.45) is 1.15. The van der Waals surface area contributed by atoms with Crippen LogP contribution in [0.4, 0.5) is 21.0 Å². The van der Waals surface area contributed by atoms with Crippen molar-refractivity contribution in [2.24, 2.45) is 5.92 Å². The van der Waals surface area contributed by atoms with Crippen LogP contribution < -0.4 is 16.0 Å². The lowest BCUT2D eigenvalue weighted by Gasteiger charge is -2.28. The van der Waals surface area contributed by atoms with Crippen molar-refractivity contribution in [2.75, 3.05) is 10.6 Å². The molecule has 1 fully saturated rings. The quantitative estimate of drug-likeness (QED) is 0.291. The van der Waals surface area contributed by atoms with Gasteiger partial charge in [-0.05, 0) is 62.9 Å². The van der Waals surface area contributed by atoms with Crippen LogP contribution in [0.25, 0.3) is 0 Å². The molecule has 2 aromatic carbocycles. The van der Waals surface area contributed by atoms with Crippen LogP contribution in [0.15, 0.2) is 54.6 Å². The average Bonchev–Trinajstić information content (AvgIpc) is 3.03. The monoisotopic (exact) mass is 535 g/mol. The van der Waals surface area contributed by atoms with Gasteiger partial charge in [0.15, 0.2) is 0 Å². The largest absolute Gasteiger partial charge is 0.351 e. The summed E-state index contributed by atoms with van der Waals surface area (Å²) in [5.41, 5.74) is 0.811. The maximum atomic E-state index is 13.6. The molecule has 1 unspecified atom stereocenters. The maximum absolute atomic E-state index is 13.6. The first-order valence-electron chi connectivity index (χ1n) is 13.0. The lowest BCUT2D eigenvalue weighted by Crippen LogP contribution is -2.53. The molecule has 0 bridgehead atoms. The fraction of sp³-hybridized carbons (Fsp3) is 0.414. The van der Waals surface area contributed by atoms with Crippen molar-refractivity contribution in [3.05, 3.63) is 60.2 Å². The van der Waals surface area contributed by atoms with Crippen molar-refractivity contribution in [1.82, 2.24) is 15.1 Å². The van der Waals surface area contributed by atoms with Crippen LogP contribution in [0.1, 0.15) is 53.0 Å². The Balaban J connectivity index is 1.73. The van der Waals surface area contributed by atoms with Crippen molar-refractivity contribution >= 4 is 41.5 Å². The summed E-state index contributed by atoms with van der Waals surface area (Å²) in [5, 5.41) is 8.27. The molecule has 0 aliphatic carbocycles. The first-order valence-corrected chi connectivity index (χ1v) is 13.0. The number of imide groups is 1. The minimum absolute atomic E-state index is 0.0408. The highest BCUT2D eigenvalue weighted by atomic mass is 16.2. The number of carbonyl (C=O) groups is 5. The maximum Gasteiger partial charge on any atom is 0.328 e. The number of benzene rings is 2. The molecule has 0 aromatic heterocycles. The molecule has 6 amide bonds. The Bertz CT molecular complexity index is 1200. The number of aldehydes is 1. The first kappa shape index (κ1) is 29.3. The standard InChI is InChI=1S/C29H37N5O5/c1-19(2)17-24(25(36)30-20(3)15-16-35)34-26(37)29(4,5)33(28(34)39)18-21-11-13-23(14-12-21)32-27(38)31-22-9-7-6-8-10-22/h6-14,16,19-20,24H,15,17-18H2,1-5H3,(H,30,36)(H2,31,32,38)/t20-,24?/m1/s1. The molecule has 3 N–H and O–H groups in total. The summed E-state index contributed by atoms with van der Waals surface area (Å²) in [5.74, 6) is -0.868. The Morgan fingerprint density at radius 2 is 1.51 bits per heavy atom. The number of hydrogen-bond acceptors (Lipinski definition) is 5. The average molecular weight is 536 g/mol. The van der Waals surface area contributed by atoms with Crippen molar-refractivity contribution in [3.63, 3.8) is 0 Å². The molecular weight excluding hydrogens is 498 g/mol. The number of rotatable bonds is 11. The lowest BCUT2D eigenvalue weighted by molar-refractivity contribution is -0.139. The van der Waals surface area contributed by atoms with E-state index >= 15 is 0 Å². The zero-order valence-electron chi connectivity index (χ0n) is 23.1. The number of nitrogens with one attached hydrogen (secondary N) is 3. The third kappa shape index (κ3) is 7.22. The van der Waals surface area contributed by atoms with Gasteiger partial charge in [-0.2, -0.15) is 0 Å². The summed E-state index contributed by atoms with van der Waals surface area (Å²) in [7, 11) is 0. The zero-order valence-corrected chi connectivity index (χ0v) is 23.1. The van der Waals surface area contributed by atoms with E-state index in [1.165, 1.54) is 4.90 Å². The Morgan fingerprint density at radius 1 is 0.923 bits per heavy atom. The van der Waals surface area contributed by atoms with Gasteiger partial charge in [-0.15, -0.1) is 0 Å². The van der Waals surface area contributed by atoms with Crippen molar-refractivity contribution in [1.29, 1.82) is 0 Å². The SMILES string of the molecule is CC(C)CC(C(=O)N[C@H](C)CC=O)N1C(=O)N(Cc2ccc(NC(=O)Nc3ccccc3)cc2)C(C)(C)C1=O. The van der Waals surface area contributed by atoms with Crippen LogP contribution in [0, 0.1) is 5.92 Å². The summed E-state index contributed by atoms with van der Waals surface area (Å²) in [4.78, 5) is 65.8. The molecule has 0 spiro atoms. The van der Waals surface area contributed by atoms with Crippen molar-refractivity contribution in [3.8, 4) is 0 Å². The van der Waals surface area contributed by atoms with Gasteiger partial charge in [-0.25, -0.2) is 14.5 Å². The molecule has 0 radical (unpaired) electrons. The zero-order chi connectivity index (χ0) is 28.7. The van der Waals surface area contributed by atoms with Gasteiger partial charge >= 0.3 is 12.1 Å². The van der Waals surface area contributed by atoms with Gasteiger partial charge in [-0.3, -0.25) is 9.59 Å². The van der Waals surface area contributed by atoms with Gasteiger partial charge in [0.05, 0.1) is 0 Å². The molecule has 10 nitrogen and oxygen atoms in total. The van der Waals surface area contributed by atoms with Gasteiger partial charge in [0.1, 0.15) is 17.9 Å². The second-order valence-electron chi connectivity index (χ2n) is 10.7. The lowest BCUT2D eigenvalue weighted by atomic mass is 9.99. The Kier molecular flexibility index (Phi) is 9.45. The number of para-hydroxylation sites is 1. The van der Waals surface area contributed by atoms with Crippen molar-refractivity contribution < 1.29 is 24.0 Å². The topological polar surface area (TPSA) is 128 Å². The van der Waals surface area contributed by atoms with Gasteiger partial charge in [0.25, 0.3) is 5.91 Å². The van der Waals surface area contributed by atoms with Gasteiger partial charge in [0.2, 0.25) is 5.91 Å². The van der Waals surface area contributed by atoms with Gasteiger partial charge < -0.3 is 25.6 Å². The highest BCUT2D eigenvalue weighted by molar-refractivity contribution is 6.09. The molecule has 3 rings (SSSR count). The molecule has 39 heavy (non-hydrogen) atoms. The van der Waals surface area contributed by atoms with Gasteiger partial charge in [0, 0.05) is 30.4 Å². The summed E-state index contributed by atoms with van der Waals surface area (Å²) in [6, 6.07) is 13.7. The van der Waals surface area contributed by atoms with Crippen LogP contribution in [0.5, 0.6) is 0 Å². The fourth-order valence-corrected chi connectivity index (χ4v) is 4.42. The minimum atomic E-state index is -1.17. The van der Waals surface area contributed by atoms with Crippen LogP contribution >= 0.6 is 0 Å². The first-order chi connectivity index (χ1) is 18.4. The number of anilines is 2. The van der Waals surface area contributed by atoms with Crippen LogP contribution in [-0.2, 0) is 20.9 Å². The van der Waals surface area contributed by atoms with E-state index in [0.717, 1.165) is 16.7 Å². The Labute approximate surface area is 229 Å². The molecule has 2 atom stereocenters. The molecule has 2 aromatic rings. The highest BCUT2D eigenvalue weighted by Gasteiger charge is 2.54. The van der Waals surface area contributed by atoms with E-state index in [1.54, 1.807) is 57.2 Å². The molecular formula is C29H37N5O5. The van der Waals surface area contributed by atoms with E-state index < -0.39 is 35.5 Å². The smallest absolute Gasteiger partial charge is 0.328 e. The van der Waals surface area contributed by atoms with E-state index in [0.29, 0.717) is 17.8 Å². The van der Waals surface area contributed by atoms with E-state index in [1.807, 2.05) is 32.0 Å². The summed E-state index contributed by atoms with van der Waals surface area (Å²) in [6.45, 7) is 9.00. The molecule has 0 saturated carbocycles. The summed E-state index contributed by atoms with van der Waals surface area (Å²) < 4.78 is 0. The predicted molar refractivity (Wildman–Crippen MR) is 149 cm³/mol. The Morgan fingerprint density at radius 3 is 2.08 bits per heavy atom. The van der Waals surface area contributed by atoms with Crippen LogP contribution in [-0.4, -0.2) is 57.6 Å². The third-order valence-electron chi connectivity index (χ3n) is 6.59. The van der Waals surface area contributed by atoms with Crippen LogP contribution in [0.2, 0.25) is 0 Å². The normalized spacial score (nSPS) is 16.2. The highest BCUT2D eigenvalue weighted by Crippen LogP contribution is 2.32. The molecule has 1 aliphatic heterocycles. The number of urea groups is 2. The molecule has 1 heterocycles. The third-order valence-corrected chi connectivity index (χ3v) is 6.59. The molecule has 1 aliphatic rings. The summed E-state index contributed by atoms with van der Waals surface area (Å²) >= 11 is 0. The van der Waals surface area contributed by atoms with Crippen LogP contribution in [0.3, 0.4) is 0 Å². The number of carbonyl (C=O) groups excluding carboxylic acids is 5. The Hall–Kier alpha value is -4.21. The molecule has 10 heteroatoms. The van der Waals surface area contributed by atoms with Crippen molar-refractivity contribution in [2.45, 2.75) is 71.6 Å². The second-order valence-corrected chi connectivity index (χ2v) is 10.7. The van der Waals surface area contributed by atoms with E-state index in [9.17, 15) is 24.0 Å². The number of nitrogens with zero attached hydrogens (tertiary/aromatic N) is 2. The van der Waals surface area contributed by atoms with E-state index in [-0.39, 0.29) is 24.9 Å². The molecule has 208 valence electrons. The second kappa shape index (κ2) is 12.6. The minimum Gasteiger partial charge on any atom is -0.351 e.